The number of hydrogen-bond donors (Lipinski definition) is 4. The van der Waals surface area contributed by atoms with Crippen LogP contribution in [-0.2, 0) is 20.9 Å². The van der Waals surface area contributed by atoms with E-state index in [-0.39, 0.29) is 12.4 Å². The molecule has 0 aliphatic rings. The summed E-state index contributed by atoms with van der Waals surface area (Å²) < 4.78 is 4.97. The first-order chi connectivity index (χ1) is 10.4. The van der Waals surface area contributed by atoms with Gasteiger partial charge in [0.1, 0.15) is 18.7 Å². The number of amides is 2. The number of alkyl carbamates (subject to hydrolysis) is 1. The monoisotopic (exact) mass is 326 g/mol. The summed E-state index contributed by atoms with van der Waals surface area (Å²) in [6.07, 6.45) is -0.760. The quantitative estimate of drug-likeness (QED) is 0.555. The van der Waals surface area contributed by atoms with Crippen molar-refractivity contribution in [3.8, 4) is 0 Å². The fraction of sp³-hybridized carbons (Fsp3) is 0.357. The molecule has 1 aromatic rings. The molecule has 7 nitrogen and oxygen atoms in total. The lowest BCUT2D eigenvalue weighted by molar-refractivity contribution is -0.141. The van der Waals surface area contributed by atoms with Crippen molar-refractivity contribution in [2.75, 3.05) is 5.75 Å². The van der Waals surface area contributed by atoms with E-state index >= 15 is 0 Å². The molecule has 0 saturated heterocycles. The molecule has 3 N–H and O–H groups in total. The minimum Gasteiger partial charge on any atom is -0.480 e. The highest BCUT2D eigenvalue weighted by Gasteiger charge is 2.23. The Hall–Kier alpha value is -2.22. The minimum absolute atomic E-state index is 0.0494. The summed E-state index contributed by atoms with van der Waals surface area (Å²) in [6, 6.07) is 7.04. The third-order valence-corrected chi connectivity index (χ3v) is 3.10. The minimum atomic E-state index is -1.19. The van der Waals surface area contributed by atoms with Crippen molar-refractivity contribution in [2.45, 2.75) is 25.6 Å². The number of aliphatic carboxylic acids is 1. The largest absolute Gasteiger partial charge is 0.480 e. The van der Waals surface area contributed by atoms with E-state index < -0.39 is 30.1 Å². The molecule has 0 spiro atoms. The van der Waals surface area contributed by atoms with Crippen molar-refractivity contribution >= 4 is 30.6 Å². The zero-order valence-corrected chi connectivity index (χ0v) is 12.9. The summed E-state index contributed by atoms with van der Waals surface area (Å²) in [7, 11) is 0. The molecule has 120 valence electrons. The number of ether oxygens (including phenoxy) is 1. The van der Waals surface area contributed by atoms with Gasteiger partial charge in [-0.25, -0.2) is 9.59 Å². The van der Waals surface area contributed by atoms with Gasteiger partial charge in [-0.05, 0) is 12.5 Å². The van der Waals surface area contributed by atoms with E-state index in [1.807, 2.05) is 18.2 Å². The van der Waals surface area contributed by atoms with E-state index in [0.29, 0.717) is 0 Å². The van der Waals surface area contributed by atoms with Gasteiger partial charge in [0.05, 0.1) is 0 Å². The molecule has 0 radical (unpaired) electrons. The fourth-order valence-electron chi connectivity index (χ4n) is 1.49. The number of carboxylic acids is 1. The molecule has 0 aliphatic carbocycles. The zero-order valence-electron chi connectivity index (χ0n) is 12.0. The first-order valence-electron chi connectivity index (χ1n) is 6.55. The van der Waals surface area contributed by atoms with Crippen molar-refractivity contribution in [1.82, 2.24) is 10.6 Å². The van der Waals surface area contributed by atoms with Gasteiger partial charge in [0.2, 0.25) is 5.91 Å². The van der Waals surface area contributed by atoms with Crippen LogP contribution in [0, 0.1) is 0 Å². The van der Waals surface area contributed by atoms with E-state index in [0.717, 1.165) is 5.56 Å². The number of hydrogen-bond acceptors (Lipinski definition) is 5. The number of carbonyl (C=O) groups excluding carboxylic acids is 2. The van der Waals surface area contributed by atoms with Crippen LogP contribution >= 0.6 is 12.6 Å². The Labute approximate surface area is 133 Å². The molecule has 0 aromatic heterocycles. The number of carboxylic acid groups (broad SMARTS) is 1. The van der Waals surface area contributed by atoms with Gasteiger partial charge < -0.3 is 20.5 Å². The van der Waals surface area contributed by atoms with E-state index in [9.17, 15) is 14.4 Å². The molecule has 1 unspecified atom stereocenters. The number of rotatable bonds is 7. The second-order valence-electron chi connectivity index (χ2n) is 4.51. The summed E-state index contributed by atoms with van der Waals surface area (Å²) in [5.74, 6) is -1.87. The van der Waals surface area contributed by atoms with Crippen LogP contribution in [0.1, 0.15) is 12.5 Å². The molecular formula is C14H18N2O5S. The van der Waals surface area contributed by atoms with E-state index in [1.165, 1.54) is 6.92 Å². The van der Waals surface area contributed by atoms with Gasteiger partial charge in [-0.1, -0.05) is 30.3 Å². The first-order valence-corrected chi connectivity index (χ1v) is 7.18. The Kier molecular flexibility index (Phi) is 7.24. The van der Waals surface area contributed by atoms with Crippen LogP contribution in [0.3, 0.4) is 0 Å². The van der Waals surface area contributed by atoms with Crippen molar-refractivity contribution < 1.29 is 24.2 Å². The summed E-state index contributed by atoms with van der Waals surface area (Å²) in [6.45, 7) is 1.51. The second-order valence-corrected chi connectivity index (χ2v) is 4.87. The van der Waals surface area contributed by atoms with Gasteiger partial charge in [0.25, 0.3) is 0 Å². The molecule has 0 saturated carbocycles. The van der Waals surface area contributed by atoms with Crippen LogP contribution in [0.5, 0.6) is 0 Å². The van der Waals surface area contributed by atoms with Gasteiger partial charge >= 0.3 is 12.1 Å². The third kappa shape index (κ3) is 6.04. The van der Waals surface area contributed by atoms with Gasteiger partial charge in [-0.3, -0.25) is 4.79 Å². The number of carbonyl (C=O) groups is 3. The molecule has 0 aliphatic heterocycles. The maximum Gasteiger partial charge on any atom is 0.408 e. The summed E-state index contributed by atoms with van der Waals surface area (Å²) >= 11 is 3.83. The van der Waals surface area contributed by atoms with Crippen molar-refractivity contribution in [2.24, 2.45) is 0 Å². The molecule has 1 aromatic carbocycles. The summed E-state index contributed by atoms with van der Waals surface area (Å²) in [4.78, 5) is 34.1. The maximum absolute atomic E-state index is 11.7. The zero-order chi connectivity index (χ0) is 16.5. The fourth-order valence-corrected chi connectivity index (χ4v) is 1.74. The molecule has 2 amide bonds. The lowest BCUT2D eigenvalue weighted by Gasteiger charge is -2.17. The Morgan fingerprint density at radius 1 is 1.23 bits per heavy atom. The molecule has 8 heteroatoms. The van der Waals surface area contributed by atoms with E-state index in [2.05, 4.69) is 23.3 Å². The molecule has 2 atom stereocenters. The van der Waals surface area contributed by atoms with E-state index in [1.54, 1.807) is 12.1 Å². The summed E-state index contributed by atoms with van der Waals surface area (Å²) in [5, 5.41) is 13.4. The normalized spacial score (nSPS) is 12.8. The highest BCUT2D eigenvalue weighted by Crippen LogP contribution is 2.01. The molecule has 22 heavy (non-hydrogen) atoms. The van der Waals surface area contributed by atoms with Crippen molar-refractivity contribution in [3.63, 3.8) is 0 Å². The van der Waals surface area contributed by atoms with Crippen LogP contribution in [0.15, 0.2) is 30.3 Å². The van der Waals surface area contributed by atoms with Crippen LogP contribution < -0.4 is 10.6 Å². The van der Waals surface area contributed by atoms with Gasteiger partial charge in [-0.2, -0.15) is 12.6 Å². The maximum atomic E-state index is 11.7. The Bertz CT molecular complexity index is 523. The molecule has 0 bridgehead atoms. The predicted octanol–water partition coefficient (Wildman–Crippen LogP) is 0.800. The van der Waals surface area contributed by atoms with Gasteiger partial charge in [0, 0.05) is 5.75 Å². The second kappa shape index (κ2) is 8.93. The molecular weight excluding hydrogens is 308 g/mol. The Morgan fingerprint density at radius 3 is 2.41 bits per heavy atom. The Morgan fingerprint density at radius 2 is 1.86 bits per heavy atom. The van der Waals surface area contributed by atoms with Crippen molar-refractivity contribution in [1.29, 1.82) is 0 Å². The third-order valence-electron chi connectivity index (χ3n) is 2.74. The first kappa shape index (κ1) is 17.8. The average Bonchev–Trinajstić information content (AvgIpc) is 2.50. The standard InChI is InChI=1S/C14H18N2O5S/c1-9(12(17)16-11(8-22)13(18)19)15-14(20)21-7-10-5-3-2-4-6-10/h2-6,9,11,22H,7-8H2,1H3,(H,15,20)(H,16,17)(H,18,19)/t9?,11-/m0/s1. The van der Waals surface area contributed by atoms with Crippen LogP contribution in [0.4, 0.5) is 4.79 Å². The molecule has 1 rings (SSSR count). The van der Waals surface area contributed by atoms with Gasteiger partial charge in [0.15, 0.2) is 0 Å². The smallest absolute Gasteiger partial charge is 0.408 e. The van der Waals surface area contributed by atoms with Crippen LogP contribution in [0.25, 0.3) is 0 Å². The summed E-state index contributed by atoms with van der Waals surface area (Å²) in [5.41, 5.74) is 0.816. The average molecular weight is 326 g/mol. The number of thiol groups is 1. The lowest BCUT2D eigenvalue weighted by Crippen LogP contribution is -2.51. The predicted molar refractivity (Wildman–Crippen MR) is 82.6 cm³/mol. The molecule has 0 fully saturated rings. The van der Waals surface area contributed by atoms with Crippen molar-refractivity contribution in [3.05, 3.63) is 35.9 Å². The van der Waals surface area contributed by atoms with E-state index in [4.69, 9.17) is 9.84 Å². The van der Waals surface area contributed by atoms with Crippen LogP contribution in [0.2, 0.25) is 0 Å². The highest BCUT2D eigenvalue weighted by molar-refractivity contribution is 7.80. The topological polar surface area (TPSA) is 105 Å². The highest BCUT2D eigenvalue weighted by atomic mass is 32.1. The lowest BCUT2D eigenvalue weighted by atomic mass is 10.2. The van der Waals surface area contributed by atoms with Gasteiger partial charge in [-0.15, -0.1) is 0 Å². The number of benzene rings is 1. The van der Waals surface area contributed by atoms with Crippen LogP contribution in [-0.4, -0.2) is 40.9 Å². The SMILES string of the molecule is CC(NC(=O)OCc1ccccc1)C(=O)N[C@@H](CS)C(=O)O. The number of nitrogens with one attached hydrogen (secondary N) is 2. The Balaban J connectivity index is 2.39. The molecule has 0 heterocycles.